The summed E-state index contributed by atoms with van der Waals surface area (Å²) in [6.07, 6.45) is 2.95. The molecule has 0 radical (unpaired) electrons. The highest BCUT2D eigenvalue weighted by molar-refractivity contribution is 8.13. The van der Waals surface area contributed by atoms with Crippen molar-refractivity contribution in [2.75, 3.05) is 0 Å². The molecule has 70 valence electrons. The fourth-order valence-electron chi connectivity index (χ4n) is 1.06. The van der Waals surface area contributed by atoms with E-state index in [1.807, 2.05) is 6.92 Å². The first-order chi connectivity index (χ1) is 5.98. The van der Waals surface area contributed by atoms with Gasteiger partial charge in [0.05, 0.1) is 6.20 Å². The van der Waals surface area contributed by atoms with E-state index >= 15 is 0 Å². The predicted molar refractivity (Wildman–Crippen MR) is 50.8 cm³/mol. The lowest BCUT2D eigenvalue weighted by atomic mass is 10.6. The Morgan fingerprint density at radius 2 is 2.31 bits per heavy atom. The monoisotopic (exact) mass is 236 g/mol. The molecule has 0 spiro atoms. The Morgan fingerprint density at radius 1 is 1.62 bits per heavy atom. The summed E-state index contributed by atoms with van der Waals surface area (Å²) in [7, 11) is 1.51. The van der Waals surface area contributed by atoms with Crippen molar-refractivity contribution >= 4 is 36.0 Å². The third kappa shape index (κ3) is 1.45. The van der Waals surface area contributed by atoms with Gasteiger partial charge in [-0.05, 0) is 6.92 Å². The van der Waals surface area contributed by atoms with E-state index in [9.17, 15) is 8.42 Å². The molecule has 0 unspecified atom stereocenters. The smallest absolute Gasteiger partial charge is 0.278 e. The van der Waals surface area contributed by atoms with Gasteiger partial charge in [-0.2, -0.15) is 0 Å². The number of fused-ring (bicyclic) bond motifs is 1. The summed E-state index contributed by atoms with van der Waals surface area (Å²) in [6, 6.07) is 0. The maximum absolute atomic E-state index is 11.0. The minimum atomic E-state index is -3.69. The predicted octanol–water partition coefficient (Wildman–Crippen LogP) is 1.63. The summed E-state index contributed by atoms with van der Waals surface area (Å²) in [5.74, 6) is 0. The Kier molecular flexibility index (Phi) is 1.86. The molecule has 0 aliphatic rings. The van der Waals surface area contributed by atoms with Crippen LogP contribution in [0.25, 0.3) is 4.96 Å². The number of hydrogen-bond acceptors (Lipinski definition) is 4. The van der Waals surface area contributed by atoms with Gasteiger partial charge in [0, 0.05) is 21.8 Å². The lowest BCUT2D eigenvalue weighted by molar-refractivity contribution is 0.605. The quantitative estimate of drug-likeness (QED) is 0.708. The number of rotatable bonds is 1. The van der Waals surface area contributed by atoms with Gasteiger partial charge < -0.3 is 0 Å². The minimum Gasteiger partial charge on any atom is -0.280 e. The van der Waals surface area contributed by atoms with Crippen LogP contribution in [0.15, 0.2) is 17.4 Å². The maximum Gasteiger partial charge on any atom is 0.278 e. The van der Waals surface area contributed by atoms with Gasteiger partial charge >= 0.3 is 0 Å². The molecule has 0 amide bonds. The molecule has 0 fully saturated rings. The van der Waals surface area contributed by atoms with E-state index in [2.05, 4.69) is 4.98 Å². The second kappa shape index (κ2) is 2.70. The van der Waals surface area contributed by atoms with Crippen molar-refractivity contribution in [3.05, 3.63) is 17.3 Å². The maximum atomic E-state index is 11.0. The Hall–Kier alpha value is -0.590. The molecule has 0 aromatic carbocycles. The van der Waals surface area contributed by atoms with E-state index in [1.54, 1.807) is 6.20 Å². The highest BCUT2D eigenvalue weighted by Crippen LogP contribution is 2.22. The number of hydrogen-bond donors (Lipinski definition) is 0. The van der Waals surface area contributed by atoms with Crippen LogP contribution in [-0.4, -0.2) is 17.8 Å². The van der Waals surface area contributed by atoms with Crippen molar-refractivity contribution in [3.8, 4) is 0 Å². The van der Waals surface area contributed by atoms with Crippen molar-refractivity contribution in [1.29, 1.82) is 0 Å². The Balaban J connectivity index is 2.84. The molecule has 0 bridgehead atoms. The van der Waals surface area contributed by atoms with Gasteiger partial charge in [-0.1, -0.05) is 0 Å². The molecule has 0 atom stereocenters. The molecular weight excluding hydrogens is 232 g/mol. The van der Waals surface area contributed by atoms with E-state index < -0.39 is 9.05 Å². The van der Waals surface area contributed by atoms with Crippen molar-refractivity contribution in [1.82, 2.24) is 9.38 Å². The highest BCUT2D eigenvalue weighted by Gasteiger charge is 2.17. The first kappa shape index (κ1) is 8.98. The fourth-order valence-corrected chi connectivity index (χ4v) is 2.81. The van der Waals surface area contributed by atoms with Crippen LogP contribution >= 0.6 is 22.0 Å². The van der Waals surface area contributed by atoms with Crippen LogP contribution in [-0.2, 0) is 9.05 Å². The molecule has 2 aromatic rings. The van der Waals surface area contributed by atoms with E-state index in [1.165, 1.54) is 21.9 Å². The van der Waals surface area contributed by atoms with Crippen LogP contribution in [0.3, 0.4) is 0 Å². The molecule has 0 saturated carbocycles. The topological polar surface area (TPSA) is 51.4 Å². The van der Waals surface area contributed by atoms with Crippen LogP contribution in [0.1, 0.15) is 4.88 Å². The Bertz CT molecular complexity index is 554. The van der Waals surface area contributed by atoms with Crippen LogP contribution in [0.4, 0.5) is 0 Å². The summed E-state index contributed by atoms with van der Waals surface area (Å²) < 4.78 is 23.5. The number of imidazole rings is 1. The van der Waals surface area contributed by atoms with Gasteiger partial charge in [-0.25, -0.2) is 13.4 Å². The lowest BCUT2D eigenvalue weighted by Gasteiger charge is -1.90. The van der Waals surface area contributed by atoms with E-state index in [0.29, 0.717) is 4.96 Å². The van der Waals surface area contributed by atoms with Gasteiger partial charge in [-0.15, -0.1) is 11.3 Å². The Morgan fingerprint density at radius 3 is 2.92 bits per heavy atom. The summed E-state index contributed by atoms with van der Waals surface area (Å²) in [5.41, 5.74) is 0. The zero-order chi connectivity index (χ0) is 9.64. The molecule has 0 aliphatic carbocycles. The number of aromatic nitrogens is 2. The summed E-state index contributed by atoms with van der Waals surface area (Å²) in [6.45, 7) is 1.88. The molecule has 4 nitrogen and oxygen atoms in total. The molecule has 0 saturated heterocycles. The van der Waals surface area contributed by atoms with Crippen molar-refractivity contribution in [3.63, 3.8) is 0 Å². The molecule has 2 aromatic heterocycles. The van der Waals surface area contributed by atoms with Gasteiger partial charge in [0.25, 0.3) is 9.05 Å². The van der Waals surface area contributed by atoms with Crippen LogP contribution < -0.4 is 0 Å². The molecular formula is C6H5ClN2O2S2. The zero-order valence-electron chi connectivity index (χ0n) is 6.56. The number of aryl methyl sites for hydroxylation is 1. The first-order valence-electron chi connectivity index (χ1n) is 3.36. The lowest BCUT2D eigenvalue weighted by Crippen LogP contribution is -1.94. The van der Waals surface area contributed by atoms with E-state index in [-0.39, 0.29) is 5.03 Å². The molecule has 2 heterocycles. The van der Waals surface area contributed by atoms with Crippen LogP contribution in [0, 0.1) is 6.92 Å². The third-order valence-corrected chi connectivity index (χ3v) is 3.73. The highest BCUT2D eigenvalue weighted by atomic mass is 35.7. The average molecular weight is 237 g/mol. The minimum absolute atomic E-state index is 0.0218. The summed E-state index contributed by atoms with van der Waals surface area (Å²) in [5, 5.41) is 0.0218. The average Bonchev–Trinajstić information content (AvgIpc) is 2.41. The van der Waals surface area contributed by atoms with E-state index in [4.69, 9.17) is 10.7 Å². The van der Waals surface area contributed by atoms with Crippen LogP contribution in [0.2, 0.25) is 0 Å². The SMILES string of the molecule is Cc1cn2c(S(=O)(=O)Cl)cnc2s1. The molecule has 0 N–H and O–H groups in total. The normalized spacial score (nSPS) is 12.5. The largest absolute Gasteiger partial charge is 0.280 e. The second-order valence-electron chi connectivity index (χ2n) is 2.53. The first-order valence-corrected chi connectivity index (χ1v) is 6.49. The number of thiazole rings is 1. The third-order valence-electron chi connectivity index (χ3n) is 1.54. The molecule has 7 heteroatoms. The fraction of sp³-hybridized carbons (Fsp3) is 0.167. The van der Waals surface area contributed by atoms with Crippen molar-refractivity contribution < 1.29 is 8.42 Å². The molecule has 2 rings (SSSR count). The van der Waals surface area contributed by atoms with Gasteiger partial charge in [0.2, 0.25) is 0 Å². The van der Waals surface area contributed by atoms with Gasteiger partial charge in [0.15, 0.2) is 9.99 Å². The Labute approximate surface area is 83.2 Å². The van der Waals surface area contributed by atoms with E-state index in [0.717, 1.165) is 4.88 Å². The number of nitrogens with zero attached hydrogens (tertiary/aromatic N) is 2. The van der Waals surface area contributed by atoms with Gasteiger partial charge in [0.1, 0.15) is 0 Å². The van der Waals surface area contributed by atoms with Crippen molar-refractivity contribution in [2.24, 2.45) is 0 Å². The molecule has 0 aliphatic heterocycles. The van der Waals surface area contributed by atoms with Crippen molar-refractivity contribution in [2.45, 2.75) is 11.9 Å². The zero-order valence-corrected chi connectivity index (χ0v) is 8.95. The summed E-state index contributed by atoms with van der Waals surface area (Å²) in [4.78, 5) is 5.55. The van der Waals surface area contributed by atoms with Crippen LogP contribution in [0.5, 0.6) is 0 Å². The summed E-state index contributed by atoms with van der Waals surface area (Å²) >= 11 is 1.42. The second-order valence-corrected chi connectivity index (χ2v) is 6.25. The molecule has 13 heavy (non-hydrogen) atoms. The standard InChI is InChI=1S/C6H5ClN2O2S2/c1-4-3-9-5(13(7,10)11)2-8-6(9)12-4/h2-3H,1H3. The van der Waals surface area contributed by atoms with Gasteiger partial charge in [-0.3, -0.25) is 4.40 Å². The number of halogens is 1.